The van der Waals surface area contributed by atoms with E-state index in [9.17, 15) is 4.79 Å². The molecule has 1 fully saturated rings. The molecule has 1 aliphatic heterocycles. The lowest BCUT2D eigenvalue weighted by Crippen LogP contribution is -2.44. The van der Waals surface area contributed by atoms with Crippen molar-refractivity contribution in [1.82, 2.24) is 10.4 Å². The Bertz CT molecular complexity index is 211. The summed E-state index contributed by atoms with van der Waals surface area (Å²) in [6.07, 6.45) is -0.370. The second kappa shape index (κ2) is 5.86. The molecule has 4 nitrogen and oxygen atoms in total. The number of nitrogens with zero attached hydrogens (tertiary/aromatic N) is 1. The Labute approximate surface area is 99.5 Å². The van der Waals surface area contributed by atoms with Gasteiger partial charge in [0.25, 0.3) is 0 Å². The van der Waals surface area contributed by atoms with Crippen LogP contribution in [0, 0.1) is 0 Å². The summed E-state index contributed by atoms with van der Waals surface area (Å²) >= 11 is 3.64. The number of hydrogen-bond acceptors (Lipinski definition) is 5. The van der Waals surface area contributed by atoms with E-state index in [1.807, 2.05) is 49.3 Å². The highest BCUT2D eigenvalue weighted by Gasteiger charge is 2.18. The SMILES string of the molecule is CC(C)(C)OC(=O)NN1CSCCSC1. The Balaban J connectivity index is 2.30. The van der Waals surface area contributed by atoms with Gasteiger partial charge in [0.15, 0.2) is 0 Å². The fourth-order valence-corrected chi connectivity index (χ4v) is 3.07. The summed E-state index contributed by atoms with van der Waals surface area (Å²) < 4.78 is 5.17. The van der Waals surface area contributed by atoms with Crippen LogP contribution >= 0.6 is 23.5 Å². The molecular formula is C9H18N2O2S2. The van der Waals surface area contributed by atoms with Gasteiger partial charge < -0.3 is 4.74 Å². The van der Waals surface area contributed by atoms with Crippen molar-refractivity contribution in [3.63, 3.8) is 0 Å². The fraction of sp³-hybridized carbons (Fsp3) is 0.889. The van der Waals surface area contributed by atoms with Crippen LogP contribution in [0.5, 0.6) is 0 Å². The summed E-state index contributed by atoms with van der Waals surface area (Å²) in [5, 5.41) is 1.89. The topological polar surface area (TPSA) is 41.6 Å². The lowest BCUT2D eigenvalue weighted by molar-refractivity contribution is 0.0385. The molecule has 88 valence electrons. The Morgan fingerprint density at radius 3 is 2.27 bits per heavy atom. The molecule has 0 radical (unpaired) electrons. The molecular weight excluding hydrogens is 232 g/mol. The van der Waals surface area contributed by atoms with Gasteiger partial charge in [0.05, 0.1) is 11.8 Å². The quantitative estimate of drug-likeness (QED) is 0.772. The molecule has 1 rings (SSSR count). The van der Waals surface area contributed by atoms with Crippen LogP contribution in [-0.4, -0.2) is 40.0 Å². The molecule has 15 heavy (non-hydrogen) atoms. The summed E-state index contributed by atoms with van der Waals surface area (Å²) in [5.41, 5.74) is 2.31. The minimum Gasteiger partial charge on any atom is -0.443 e. The number of nitrogens with one attached hydrogen (secondary N) is 1. The molecule has 0 spiro atoms. The van der Waals surface area contributed by atoms with Crippen molar-refractivity contribution in [2.24, 2.45) is 0 Å². The molecule has 0 unspecified atom stereocenters. The van der Waals surface area contributed by atoms with Crippen LogP contribution in [0.15, 0.2) is 0 Å². The van der Waals surface area contributed by atoms with E-state index in [0.29, 0.717) is 0 Å². The fourth-order valence-electron chi connectivity index (χ4n) is 0.999. The third-order valence-corrected chi connectivity index (χ3v) is 3.75. The van der Waals surface area contributed by atoms with Crippen LogP contribution in [0.3, 0.4) is 0 Å². The van der Waals surface area contributed by atoms with Crippen LogP contribution in [0.2, 0.25) is 0 Å². The maximum Gasteiger partial charge on any atom is 0.422 e. The first kappa shape index (κ1) is 13.0. The van der Waals surface area contributed by atoms with Crippen molar-refractivity contribution >= 4 is 29.6 Å². The Morgan fingerprint density at radius 1 is 1.27 bits per heavy atom. The van der Waals surface area contributed by atoms with E-state index >= 15 is 0 Å². The van der Waals surface area contributed by atoms with E-state index in [2.05, 4.69) is 5.43 Å². The molecule has 0 saturated carbocycles. The predicted octanol–water partition coefficient (Wildman–Crippen LogP) is 2.12. The Morgan fingerprint density at radius 2 is 1.80 bits per heavy atom. The third-order valence-electron chi connectivity index (χ3n) is 1.51. The molecule has 1 N–H and O–H groups in total. The lowest BCUT2D eigenvalue weighted by atomic mass is 10.2. The number of amides is 1. The highest BCUT2D eigenvalue weighted by molar-refractivity contribution is 8.03. The molecule has 0 aliphatic carbocycles. The summed E-state index contributed by atoms with van der Waals surface area (Å²) in [4.78, 5) is 11.4. The van der Waals surface area contributed by atoms with E-state index in [1.54, 1.807) is 0 Å². The lowest BCUT2D eigenvalue weighted by Gasteiger charge is -2.24. The van der Waals surface area contributed by atoms with Gasteiger partial charge in [-0.3, -0.25) is 5.43 Å². The molecule has 1 heterocycles. The molecule has 0 aromatic heterocycles. The molecule has 6 heteroatoms. The van der Waals surface area contributed by atoms with Crippen molar-refractivity contribution in [2.75, 3.05) is 23.3 Å². The van der Waals surface area contributed by atoms with Crippen LogP contribution in [0.25, 0.3) is 0 Å². The predicted molar refractivity (Wildman–Crippen MR) is 65.9 cm³/mol. The monoisotopic (exact) mass is 250 g/mol. The van der Waals surface area contributed by atoms with Crippen molar-refractivity contribution in [1.29, 1.82) is 0 Å². The summed E-state index contributed by atoms with van der Waals surface area (Å²) in [6, 6.07) is 0. The number of thioether (sulfide) groups is 2. The van der Waals surface area contributed by atoms with Gasteiger partial charge in [-0.25, -0.2) is 4.79 Å². The normalized spacial score (nSPS) is 19.4. The van der Waals surface area contributed by atoms with Crippen LogP contribution in [-0.2, 0) is 4.74 Å². The minimum atomic E-state index is -0.434. The number of rotatable bonds is 1. The number of ether oxygens (including phenoxy) is 1. The van der Waals surface area contributed by atoms with Gasteiger partial charge in [-0.1, -0.05) is 0 Å². The minimum absolute atomic E-state index is 0.370. The molecule has 0 atom stereocenters. The zero-order valence-corrected chi connectivity index (χ0v) is 11.0. The van der Waals surface area contributed by atoms with Gasteiger partial charge >= 0.3 is 6.09 Å². The van der Waals surface area contributed by atoms with Gasteiger partial charge in [0, 0.05) is 11.5 Å². The standard InChI is InChI=1S/C9H18N2O2S2/c1-9(2,3)13-8(12)10-11-6-14-4-5-15-7-11/h4-7H2,1-3H3,(H,10,12). The largest absolute Gasteiger partial charge is 0.443 e. The van der Waals surface area contributed by atoms with E-state index in [1.165, 1.54) is 0 Å². The van der Waals surface area contributed by atoms with Crippen molar-refractivity contribution in [2.45, 2.75) is 26.4 Å². The number of hydrogen-bond donors (Lipinski definition) is 1. The van der Waals surface area contributed by atoms with E-state index < -0.39 is 5.60 Å². The first-order valence-corrected chi connectivity index (χ1v) is 7.18. The van der Waals surface area contributed by atoms with E-state index in [-0.39, 0.29) is 6.09 Å². The zero-order chi connectivity index (χ0) is 11.3. The molecule has 1 amide bonds. The smallest absolute Gasteiger partial charge is 0.422 e. The Kier molecular flexibility index (Phi) is 5.08. The first-order valence-electron chi connectivity index (χ1n) is 4.87. The van der Waals surface area contributed by atoms with Gasteiger partial charge in [0.2, 0.25) is 0 Å². The maximum atomic E-state index is 11.4. The summed E-state index contributed by atoms with van der Waals surface area (Å²) in [7, 11) is 0. The first-order chi connectivity index (χ1) is 6.97. The number of carbonyl (C=O) groups excluding carboxylic acids is 1. The second-order valence-corrected chi connectivity index (χ2v) is 6.38. The highest BCUT2D eigenvalue weighted by Crippen LogP contribution is 2.15. The van der Waals surface area contributed by atoms with Gasteiger partial charge in [-0.2, -0.15) is 5.01 Å². The van der Waals surface area contributed by atoms with Crippen molar-refractivity contribution in [3.8, 4) is 0 Å². The Hall–Kier alpha value is -0.0700. The second-order valence-electron chi connectivity index (χ2n) is 4.23. The third kappa shape index (κ3) is 6.17. The zero-order valence-electron chi connectivity index (χ0n) is 9.41. The number of hydrazine groups is 1. The van der Waals surface area contributed by atoms with Gasteiger partial charge in [-0.15, -0.1) is 23.5 Å². The highest BCUT2D eigenvalue weighted by atomic mass is 32.2. The average molecular weight is 250 g/mol. The van der Waals surface area contributed by atoms with Crippen LogP contribution in [0.1, 0.15) is 20.8 Å². The maximum absolute atomic E-state index is 11.4. The van der Waals surface area contributed by atoms with Crippen molar-refractivity contribution < 1.29 is 9.53 Å². The average Bonchev–Trinajstić information content (AvgIpc) is 2.28. The van der Waals surface area contributed by atoms with E-state index in [0.717, 1.165) is 23.3 Å². The summed E-state index contributed by atoms with van der Waals surface area (Å²) in [6.45, 7) is 5.58. The molecule has 1 aliphatic rings. The number of carbonyl (C=O) groups is 1. The molecule has 0 aromatic rings. The molecule has 1 saturated heterocycles. The molecule has 0 aromatic carbocycles. The van der Waals surface area contributed by atoms with Crippen molar-refractivity contribution in [3.05, 3.63) is 0 Å². The van der Waals surface area contributed by atoms with Crippen LogP contribution in [0.4, 0.5) is 4.79 Å². The molecule has 0 bridgehead atoms. The van der Waals surface area contributed by atoms with E-state index in [4.69, 9.17) is 4.74 Å². The summed E-state index contributed by atoms with van der Waals surface area (Å²) in [5.74, 6) is 3.92. The van der Waals surface area contributed by atoms with Gasteiger partial charge in [-0.05, 0) is 20.8 Å². The van der Waals surface area contributed by atoms with Gasteiger partial charge in [0.1, 0.15) is 5.60 Å². The van der Waals surface area contributed by atoms with Crippen LogP contribution < -0.4 is 5.43 Å².